The van der Waals surface area contributed by atoms with Gasteiger partial charge in [0.15, 0.2) is 5.82 Å². The van der Waals surface area contributed by atoms with Gasteiger partial charge in [-0.1, -0.05) is 6.07 Å². The number of rotatable bonds is 4. The molecule has 4 aromatic rings. The molecular weight excluding hydrogens is 326 g/mol. The summed E-state index contributed by atoms with van der Waals surface area (Å²) in [6.07, 6.45) is 12.5. The normalized spacial score (nSPS) is 20.0. The second-order valence-corrected chi connectivity index (χ2v) is 6.65. The second-order valence-electron chi connectivity index (χ2n) is 6.65. The van der Waals surface area contributed by atoms with E-state index in [1.54, 1.807) is 0 Å². The quantitative estimate of drug-likeness (QED) is 0.570. The summed E-state index contributed by atoms with van der Waals surface area (Å²) in [7, 11) is 0. The van der Waals surface area contributed by atoms with Crippen molar-refractivity contribution in [1.29, 1.82) is 0 Å². The van der Waals surface area contributed by atoms with Crippen LogP contribution in [-0.2, 0) is 11.2 Å². The summed E-state index contributed by atoms with van der Waals surface area (Å²) in [6, 6.07) is 10.4. The molecule has 1 aliphatic heterocycles. The largest absolute Gasteiger partial charge is 0.379 e. The van der Waals surface area contributed by atoms with Crippen molar-refractivity contribution in [2.24, 2.45) is 5.92 Å². The minimum Gasteiger partial charge on any atom is -0.379 e. The zero-order chi connectivity index (χ0) is 17.3. The molecule has 6 nitrogen and oxygen atoms in total. The Morgan fingerprint density at radius 2 is 1.92 bits per heavy atom. The van der Waals surface area contributed by atoms with Crippen LogP contribution in [0.1, 0.15) is 11.6 Å². The van der Waals surface area contributed by atoms with Gasteiger partial charge >= 0.3 is 0 Å². The van der Waals surface area contributed by atoms with Gasteiger partial charge in [-0.25, -0.2) is 9.97 Å². The number of nitrogens with zero attached hydrogens (tertiary/aromatic N) is 5. The molecule has 5 heterocycles. The van der Waals surface area contributed by atoms with Gasteiger partial charge in [-0.05, 0) is 36.2 Å². The van der Waals surface area contributed by atoms with Gasteiger partial charge in [0, 0.05) is 36.9 Å². The van der Waals surface area contributed by atoms with E-state index in [1.807, 2.05) is 49.2 Å². The smallest absolute Gasteiger partial charge is 0.159 e. The number of ether oxygens (including phenoxy) is 1. The molecule has 4 aromatic heterocycles. The van der Waals surface area contributed by atoms with E-state index in [4.69, 9.17) is 4.74 Å². The first kappa shape index (κ1) is 15.3. The molecule has 5 rings (SSSR count). The number of imidazole rings is 2. The molecule has 26 heavy (non-hydrogen) atoms. The van der Waals surface area contributed by atoms with Crippen molar-refractivity contribution in [1.82, 2.24) is 23.9 Å². The maximum absolute atomic E-state index is 5.84. The maximum atomic E-state index is 5.84. The number of aromatic nitrogens is 5. The molecule has 0 unspecified atom stereocenters. The van der Waals surface area contributed by atoms with E-state index in [-0.39, 0.29) is 6.04 Å². The average molecular weight is 345 g/mol. The number of fused-ring (bicyclic) bond motifs is 1. The summed E-state index contributed by atoms with van der Waals surface area (Å²) >= 11 is 0. The van der Waals surface area contributed by atoms with Crippen molar-refractivity contribution in [3.63, 3.8) is 0 Å². The summed E-state index contributed by atoms with van der Waals surface area (Å²) in [5.41, 5.74) is 3.21. The van der Waals surface area contributed by atoms with Crippen molar-refractivity contribution >= 4 is 5.65 Å². The van der Waals surface area contributed by atoms with Crippen LogP contribution in [-0.4, -0.2) is 37.1 Å². The SMILES string of the molecule is c1ccn2c(-c3nccn3[C@@H]3COC[C@H]3Cc3ccncc3)cnc2c1. The molecule has 1 fully saturated rings. The highest BCUT2D eigenvalue weighted by Gasteiger charge is 2.31. The lowest BCUT2D eigenvalue weighted by Crippen LogP contribution is -2.20. The van der Waals surface area contributed by atoms with Crippen LogP contribution < -0.4 is 0 Å². The molecule has 0 radical (unpaired) electrons. The van der Waals surface area contributed by atoms with Crippen LogP contribution in [0.15, 0.2) is 67.5 Å². The lowest BCUT2D eigenvalue weighted by atomic mass is 9.95. The highest BCUT2D eigenvalue weighted by molar-refractivity contribution is 5.57. The monoisotopic (exact) mass is 345 g/mol. The third-order valence-corrected chi connectivity index (χ3v) is 5.08. The Kier molecular flexibility index (Phi) is 3.75. The number of pyridine rings is 2. The molecule has 0 N–H and O–H groups in total. The molecular formula is C20H19N5O. The van der Waals surface area contributed by atoms with Crippen molar-refractivity contribution in [2.75, 3.05) is 13.2 Å². The van der Waals surface area contributed by atoms with E-state index in [2.05, 4.69) is 42.2 Å². The first-order valence-corrected chi connectivity index (χ1v) is 8.82. The van der Waals surface area contributed by atoms with Crippen LogP contribution in [0, 0.1) is 5.92 Å². The van der Waals surface area contributed by atoms with Gasteiger partial charge in [0.05, 0.1) is 25.5 Å². The summed E-state index contributed by atoms with van der Waals surface area (Å²) in [4.78, 5) is 13.2. The third-order valence-electron chi connectivity index (χ3n) is 5.08. The van der Waals surface area contributed by atoms with Gasteiger partial charge in [0.25, 0.3) is 0 Å². The van der Waals surface area contributed by atoms with E-state index in [9.17, 15) is 0 Å². The standard InChI is InChI=1S/C20H19N5O/c1-2-9-24-17(12-23-19(24)3-1)20-22-8-10-25(20)18-14-26-13-16(18)11-15-4-6-21-7-5-15/h1-10,12,16,18H,11,13-14H2/t16-,18-/m1/s1. The summed E-state index contributed by atoms with van der Waals surface area (Å²) < 4.78 is 10.2. The van der Waals surface area contributed by atoms with E-state index in [0.29, 0.717) is 12.5 Å². The van der Waals surface area contributed by atoms with E-state index in [0.717, 1.165) is 30.2 Å². The minimum absolute atomic E-state index is 0.259. The van der Waals surface area contributed by atoms with Crippen molar-refractivity contribution < 1.29 is 4.74 Å². The molecule has 0 aromatic carbocycles. The van der Waals surface area contributed by atoms with Gasteiger partial charge < -0.3 is 9.30 Å². The molecule has 130 valence electrons. The fourth-order valence-electron chi connectivity index (χ4n) is 3.79. The Hall–Kier alpha value is -2.99. The van der Waals surface area contributed by atoms with Crippen LogP contribution >= 0.6 is 0 Å². The highest BCUT2D eigenvalue weighted by Crippen LogP contribution is 2.32. The summed E-state index contributed by atoms with van der Waals surface area (Å²) in [5.74, 6) is 1.34. The third kappa shape index (κ3) is 2.59. The zero-order valence-electron chi connectivity index (χ0n) is 14.3. The average Bonchev–Trinajstić information content (AvgIpc) is 3.41. The summed E-state index contributed by atoms with van der Waals surface area (Å²) in [6.45, 7) is 1.47. The molecule has 0 saturated carbocycles. The molecule has 0 amide bonds. The van der Waals surface area contributed by atoms with Crippen LogP contribution in [0.4, 0.5) is 0 Å². The number of hydrogen-bond donors (Lipinski definition) is 0. The fourth-order valence-corrected chi connectivity index (χ4v) is 3.79. The predicted octanol–water partition coefficient (Wildman–Crippen LogP) is 3.02. The van der Waals surface area contributed by atoms with Crippen molar-refractivity contribution in [3.05, 3.63) is 73.1 Å². The lowest BCUT2D eigenvalue weighted by molar-refractivity contribution is 0.181. The Bertz CT molecular complexity index is 1020. The Morgan fingerprint density at radius 3 is 2.85 bits per heavy atom. The van der Waals surface area contributed by atoms with Crippen LogP contribution in [0.5, 0.6) is 0 Å². The van der Waals surface area contributed by atoms with Gasteiger partial charge in [-0.3, -0.25) is 9.38 Å². The van der Waals surface area contributed by atoms with Crippen LogP contribution in [0.25, 0.3) is 17.2 Å². The van der Waals surface area contributed by atoms with Crippen molar-refractivity contribution in [3.8, 4) is 11.5 Å². The minimum atomic E-state index is 0.259. The molecule has 2 atom stereocenters. The fraction of sp³-hybridized carbons (Fsp3) is 0.250. The van der Waals surface area contributed by atoms with E-state index >= 15 is 0 Å². The van der Waals surface area contributed by atoms with Gasteiger partial charge in [0.1, 0.15) is 11.3 Å². The first-order valence-electron chi connectivity index (χ1n) is 8.82. The summed E-state index contributed by atoms with van der Waals surface area (Å²) in [5, 5.41) is 0. The Morgan fingerprint density at radius 1 is 1.00 bits per heavy atom. The van der Waals surface area contributed by atoms with Crippen molar-refractivity contribution in [2.45, 2.75) is 12.5 Å². The van der Waals surface area contributed by atoms with Gasteiger partial charge in [-0.15, -0.1) is 0 Å². The predicted molar refractivity (Wildman–Crippen MR) is 97.7 cm³/mol. The Labute approximate surface area is 151 Å². The first-order chi connectivity index (χ1) is 12.9. The topological polar surface area (TPSA) is 57.2 Å². The second kappa shape index (κ2) is 6.38. The Balaban J connectivity index is 1.50. The van der Waals surface area contributed by atoms with E-state index < -0.39 is 0 Å². The van der Waals surface area contributed by atoms with E-state index in [1.165, 1.54) is 5.56 Å². The molecule has 0 spiro atoms. The highest BCUT2D eigenvalue weighted by atomic mass is 16.5. The maximum Gasteiger partial charge on any atom is 0.159 e. The van der Waals surface area contributed by atoms with Crippen LogP contribution in [0.2, 0.25) is 0 Å². The van der Waals surface area contributed by atoms with Crippen LogP contribution in [0.3, 0.4) is 0 Å². The van der Waals surface area contributed by atoms with Gasteiger partial charge in [0.2, 0.25) is 0 Å². The molecule has 6 heteroatoms. The number of hydrogen-bond acceptors (Lipinski definition) is 4. The molecule has 1 aliphatic rings. The lowest BCUT2D eigenvalue weighted by Gasteiger charge is -2.21. The van der Waals surface area contributed by atoms with Gasteiger partial charge in [-0.2, -0.15) is 0 Å². The molecule has 1 saturated heterocycles. The molecule has 0 bridgehead atoms. The molecule has 0 aliphatic carbocycles. The zero-order valence-corrected chi connectivity index (χ0v) is 14.3.